The van der Waals surface area contributed by atoms with Gasteiger partial charge in [-0.25, -0.2) is 9.82 Å². The minimum Gasteiger partial charge on any atom is -0.368 e. The van der Waals surface area contributed by atoms with Crippen LogP contribution in [0.1, 0.15) is 13.3 Å². The Kier molecular flexibility index (Phi) is 4.22. The van der Waals surface area contributed by atoms with E-state index in [0.717, 1.165) is 5.70 Å². The third-order valence-electron chi connectivity index (χ3n) is 4.83. The van der Waals surface area contributed by atoms with Gasteiger partial charge in [0, 0.05) is 18.8 Å². The van der Waals surface area contributed by atoms with Crippen LogP contribution < -0.4 is 21.4 Å². The molecule has 0 bridgehead atoms. The van der Waals surface area contributed by atoms with Crippen LogP contribution in [0.5, 0.6) is 0 Å². The Morgan fingerprint density at radius 1 is 1.28 bits per heavy atom. The molecule has 4 atom stereocenters. The van der Waals surface area contributed by atoms with Crippen molar-refractivity contribution in [2.75, 3.05) is 13.1 Å². The zero-order valence-corrected chi connectivity index (χ0v) is 14.1. The number of hydrazine groups is 1. The van der Waals surface area contributed by atoms with E-state index in [1.54, 1.807) is 6.20 Å². The van der Waals surface area contributed by atoms with Crippen molar-refractivity contribution in [2.45, 2.75) is 38.0 Å². The number of carbonyl (C=O) groups is 1. The van der Waals surface area contributed by atoms with Crippen LogP contribution >= 0.6 is 0 Å². The van der Waals surface area contributed by atoms with Gasteiger partial charge < -0.3 is 16.0 Å². The molecule has 4 N–H and O–H groups in total. The Hall–Kier alpha value is -2.32. The maximum absolute atomic E-state index is 13.5. The van der Waals surface area contributed by atoms with Gasteiger partial charge >= 0.3 is 0 Å². The summed E-state index contributed by atoms with van der Waals surface area (Å²) in [4.78, 5) is 14.8. The molecule has 4 aliphatic heterocycles. The summed E-state index contributed by atoms with van der Waals surface area (Å²) in [7, 11) is 0. The van der Waals surface area contributed by atoms with Crippen molar-refractivity contribution >= 4 is 5.91 Å². The van der Waals surface area contributed by atoms with E-state index in [0.29, 0.717) is 25.2 Å². The smallest absolute Gasteiger partial charge is 0.272 e. The lowest BCUT2D eigenvalue weighted by Crippen LogP contribution is -2.59. The molecule has 1 saturated heterocycles. The Morgan fingerprint density at radius 3 is 2.84 bits per heavy atom. The summed E-state index contributed by atoms with van der Waals surface area (Å²) in [6.45, 7) is 3.01. The van der Waals surface area contributed by atoms with Crippen LogP contribution in [0.4, 0.5) is 4.39 Å². The number of hydrogen-bond donors (Lipinski definition) is 4. The van der Waals surface area contributed by atoms with Crippen molar-refractivity contribution in [3.63, 3.8) is 0 Å². The van der Waals surface area contributed by atoms with Crippen LogP contribution in [0, 0.1) is 0 Å². The van der Waals surface area contributed by atoms with Gasteiger partial charge in [0.1, 0.15) is 24.2 Å². The summed E-state index contributed by atoms with van der Waals surface area (Å²) < 4.78 is 13.5. The lowest BCUT2D eigenvalue weighted by Gasteiger charge is -2.38. The molecule has 4 rings (SSSR count). The maximum atomic E-state index is 13.5. The SMILES string of the molecule is CC1=C(C(=O)NC2C=CC=CN2)N2NC(N3CC[C@H](F)C3)C=CC2N1. The lowest BCUT2D eigenvalue weighted by molar-refractivity contribution is -0.120. The third-order valence-corrected chi connectivity index (χ3v) is 4.83. The van der Waals surface area contributed by atoms with E-state index < -0.39 is 6.17 Å². The molecule has 4 heterocycles. The highest BCUT2D eigenvalue weighted by molar-refractivity contribution is 5.94. The number of carbonyl (C=O) groups excluding carboxylic acids is 1. The number of hydrogen-bond acceptors (Lipinski definition) is 6. The van der Waals surface area contributed by atoms with Crippen molar-refractivity contribution < 1.29 is 9.18 Å². The molecule has 8 heteroatoms. The molecule has 0 aromatic heterocycles. The standard InChI is InChI=1S/C17H23FN6O/c1-11-16(17(25)21-13-4-2-3-8-19-13)24-14(20-11)5-6-15(22-24)23-9-7-12(18)10-23/h2-6,8,12-15,19-20,22H,7,9-10H2,1H3,(H,21,25)/t12-,13?,14?,15?/m0/s1. The first-order valence-electron chi connectivity index (χ1n) is 8.61. The Morgan fingerprint density at radius 2 is 2.12 bits per heavy atom. The van der Waals surface area contributed by atoms with Crippen LogP contribution in [0.15, 0.2) is 48.0 Å². The number of dihydropyridines is 1. The molecule has 25 heavy (non-hydrogen) atoms. The van der Waals surface area contributed by atoms with Gasteiger partial charge in [-0.05, 0) is 37.8 Å². The van der Waals surface area contributed by atoms with E-state index in [9.17, 15) is 9.18 Å². The Balaban J connectivity index is 1.46. The summed E-state index contributed by atoms with van der Waals surface area (Å²) >= 11 is 0. The molecule has 7 nitrogen and oxygen atoms in total. The first-order chi connectivity index (χ1) is 12.1. The second-order valence-corrected chi connectivity index (χ2v) is 6.63. The number of allylic oxidation sites excluding steroid dienone is 3. The van der Waals surface area contributed by atoms with E-state index >= 15 is 0 Å². The number of nitrogens with one attached hydrogen (secondary N) is 4. The van der Waals surface area contributed by atoms with Crippen LogP contribution in [0.2, 0.25) is 0 Å². The maximum Gasteiger partial charge on any atom is 0.272 e. The van der Waals surface area contributed by atoms with Gasteiger partial charge in [0.2, 0.25) is 0 Å². The van der Waals surface area contributed by atoms with E-state index in [1.165, 1.54) is 0 Å². The van der Waals surface area contributed by atoms with E-state index in [1.807, 2.05) is 42.3 Å². The van der Waals surface area contributed by atoms with Crippen molar-refractivity contribution in [1.82, 2.24) is 31.3 Å². The number of likely N-dealkylation sites (tertiary alicyclic amines) is 1. The number of rotatable bonds is 3. The second kappa shape index (κ2) is 6.53. The predicted octanol–water partition coefficient (Wildman–Crippen LogP) is 0.00890. The average molecular weight is 346 g/mol. The van der Waals surface area contributed by atoms with Crippen LogP contribution in [0.3, 0.4) is 0 Å². The fraction of sp³-hybridized carbons (Fsp3) is 0.471. The fourth-order valence-electron chi connectivity index (χ4n) is 3.57. The van der Waals surface area contributed by atoms with Gasteiger partial charge in [0.05, 0.1) is 6.17 Å². The van der Waals surface area contributed by atoms with E-state index in [-0.39, 0.29) is 24.4 Å². The summed E-state index contributed by atoms with van der Waals surface area (Å²) in [5, 5.41) is 11.2. The minimum atomic E-state index is -0.776. The number of fused-ring (bicyclic) bond motifs is 1. The molecule has 0 radical (unpaired) electrons. The fourth-order valence-corrected chi connectivity index (χ4v) is 3.57. The van der Waals surface area contributed by atoms with Crippen molar-refractivity contribution in [3.05, 3.63) is 48.0 Å². The highest BCUT2D eigenvalue weighted by atomic mass is 19.1. The molecule has 0 saturated carbocycles. The molecule has 1 fully saturated rings. The first kappa shape index (κ1) is 16.2. The molecule has 1 amide bonds. The highest BCUT2D eigenvalue weighted by Crippen LogP contribution is 2.25. The molecule has 3 unspecified atom stereocenters. The van der Waals surface area contributed by atoms with Crippen molar-refractivity contribution in [2.24, 2.45) is 0 Å². The van der Waals surface area contributed by atoms with Crippen LogP contribution in [-0.2, 0) is 4.79 Å². The number of nitrogens with zero attached hydrogens (tertiary/aromatic N) is 2. The number of halogens is 1. The highest BCUT2D eigenvalue weighted by Gasteiger charge is 2.38. The zero-order valence-electron chi connectivity index (χ0n) is 14.1. The predicted molar refractivity (Wildman–Crippen MR) is 92.0 cm³/mol. The summed E-state index contributed by atoms with van der Waals surface area (Å²) in [6.07, 6.45) is 10.8. The van der Waals surface area contributed by atoms with E-state index in [2.05, 4.69) is 26.3 Å². The molecule has 0 spiro atoms. The van der Waals surface area contributed by atoms with Gasteiger partial charge in [0.15, 0.2) is 0 Å². The zero-order chi connectivity index (χ0) is 17.4. The minimum absolute atomic E-state index is 0.108. The van der Waals surface area contributed by atoms with Gasteiger partial charge in [-0.3, -0.25) is 14.7 Å². The molecule has 134 valence electrons. The quantitative estimate of drug-likeness (QED) is 0.540. The molecule has 0 aromatic rings. The largest absolute Gasteiger partial charge is 0.368 e. The molecule has 0 aliphatic carbocycles. The summed E-state index contributed by atoms with van der Waals surface area (Å²) in [6, 6.07) is 0. The molecule has 4 aliphatic rings. The van der Waals surface area contributed by atoms with Gasteiger partial charge in [-0.1, -0.05) is 12.2 Å². The van der Waals surface area contributed by atoms with Gasteiger partial charge in [0.25, 0.3) is 5.91 Å². The van der Waals surface area contributed by atoms with Crippen molar-refractivity contribution in [1.29, 1.82) is 0 Å². The normalized spacial score (nSPS) is 34.1. The average Bonchev–Trinajstić information content (AvgIpc) is 3.17. The van der Waals surface area contributed by atoms with Crippen LogP contribution in [-0.4, -0.2) is 53.6 Å². The first-order valence-corrected chi connectivity index (χ1v) is 8.61. The Labute approximate surface area is 146 Å². The van der Waals surface area contributed by atoms with Crippen molar-refractivity contribution in [3.8, 4) is 0 Å². The van der Waals surface area contributed by atoms with Gasteiger partial charge in [-0.2, -0.15) is 0 Å². The third kappa shape index (κ3) is 3.14. The second-order valence-electron chi connectivity index (χ2n) is 6.63. The van der Waals surface area contributed by atoms with Gasteiger partial charge in [-0.15, -0.1) is 0 Å². The molecular weight excluding hydrogens is 323 g/mol. The molecule has 0 aromatic carbocycles. The topological polar surface area (TPSA) is 71.7 Å². The Bertz CT molecular complexity index is 672. The summed E-state index contributed by atoms with van der Waals surface area (Å²) in [5.41, 5.74) is 4.71. The lowest BCUT2D eigenvalue weighted by atomic mass is 10.2. The molecular formula is C17H23FN6O. The monoisotopic (exact) mass is 346 g/mol. The number of alkyl halides is 1. The van der Waals surface area contributed by atoms with Crippen LogP contribution in [0.25, 0.3) is 0 Å². The summed E-state index contributed by atoms with van der Waals surface area (Å²) in [5.74, 6) is -0.170. The number of amides is 1. The van der Waals surface area contributed by atoms with E-state index in [4.69, 9.17) is 0 Å².